The molecular weight excluding hydrogens is 398 g/mol. The average Bonchev–Trinajstić information content (AvgIpc) is 3.37. The summed E-state index contributed by atoms with van der Waals surface area (Å²) in [4.78, 5) is 52.6. The van der Waals surface area contributed by atoms with Crippen LogP contribution < -0.4 is 10.9 Å². The van der Waals surface area contributed by atoms with Crippen LogP contribution >= 0.6 is 11.3 Å². The first-order valence-corrected chi connectivity index (χ1v) is 9.31. The molecule has 0 aliphatic heterocycles. The van der Waals surface area contributed by atoms with Gasteiger partial charge in [-0.2, -0.15) is 0 Å². The molecule has 0 bridgehead atoms. The van der Waals surface area contributed by atoms with E-state index >= 15 is 0 Å². The van der Waals surface area contributed by atoms with Crippen LogP contribution in [0.25, 0.3) is 22.1 Å². The third kappa shape index (κ3) is 3.78. The predicted molar refractivity (Wildman–Crippen MR) is 104 cm³/mol. The molecule has 10 heteroatoms. The highest BCUT2D eigenvalue weighted by Gasteiger charge is 2.16. The lowest BCUT2D eigenvalue weighted by Crippen LogP contribution is -2.34. The number of amides is 2. The highest BCUT2D eigenvalue weighted by molar-refractivity contribution is 7.12. The van der Waals surface area contributed by atoms with Gasteiger partial charge < -0.3 is 9.15 Å². The van der Waals surface area contributed by atoms with Crippen molar-refractivity contribution in [1.82, 2.24) is 14.9 Å². The predicted octanol–water partition coefficient (Wildman–Crippen LogP) is 1.70. The maximum atomic E-state index is 12.5. The molecule has 0 saturated heterocycles. The van der Waals surface area contributed by atoms with Crippen molar-refractivity contribution >= 4 is 51.2 Å². The van der Waals surface area contributed by atoms with E-state index in [1.165, 1.54) is 17.7 Å². The average molecular weight is 411 g/mol. The lowest BCUT2D eigenvalue weighted by atomic mass is 10.2. The van der Waals surface area contributed by atoms with Gasteiger partial charge in [0, 0.05) is 5.39 Å². The summed E-state index contributed by atoms with van der Waals surface area (Å²) in [6.45, 7) is -1.10. The maximum Gasteiger partial charge on any atom is 0.326 e. The largest absolute Gasteiger partial charge is 0.454 e. The van der Waals surface area contributed by atoms with Crippen molar-refractivity contribution in [2.75, 3.05) is 6.61 Å². The number of rotatable bonds is 5. The topological polar surface area (TPSA) is 120 Å². The quantitative estimate of drug-likeness (QED) is 0.496. The first-order valence-electron chi connectivity index (χ1n) is 8.43. The second kappa shape index (κ2) is 7.68. The molecule has 3 aromatic heterocycles. The molecule has 3 heterocycles. The first-order chi connectivity index (χ1) is 14.0. The molecule has 29 heavy (non-hydrogen) atoms. The number of hydrogen-bond donors (Lipinski definition) is 1. The number of ether oxygens (including phenoxy) is 1. The number of carbonyl (C=O) groups is 3. The van der Waals surface area contributed by atoms with Crippen LogP contribution in [0.15, 0.2) is 57.3 Å². The van der Waals surface area contributed by atoms with Crippen LogP contribution in [0.1, 0.15) is 9.67 Å². The lowest BCUT2D eigenvalue weighted by molar-refractivity contribution is -0.148. The van der Waals surface area contributed by atoms with Crippen LogP contribution in [0, 0.1) is 0 Å². The smallest absolute Gasteiger partial charge is 0.326 e. The first kappa shape index (κ1) is 18.6. The number of nitrogens with zero attached hydrogens (tertiary/aromatic N) is 2. The van der Waals surface area contributed by atoms with Gasteiger partial charge in [-0.1, -0.05) is 18.2 Å². The molecule has 4 rings (SSSR count). The fraction of sp³-hybridized carbons (Fsp3) is 0.105. The summed E-state index contributed by atoms with van der Waals surface area (Å²) in [5.74, 6) is -2.17. The Kier molecular flexibility index (Phi) is 4.92. The van der Waals surface area contributed by atoms with E-state index in [0.29, 0.717) is 21.4 Å². The van der Waals surface area contributed by atoms with E-state index in [-0.39, 0.29) is 5.58 Å². The van der Waals surface area contributed by atoms with Gasteiger partial charge in [0.25, 0.3) is 17.4 Å². The van der Waals surface area contributed by atoms with Crippen LogP contribution in [0.5, 0.6) is 0 Å². The fourth-order valence-electron chi connectivity index (χ4n) is 2.69. The van der Waals surface area contributed by atoms with E-state index in [2.05, 4.69) is 10.3 Å². The van der Waals surface area contributed by atoms with E-state index < -0.39 is 36.5 Å². The van der Waals surface area contributed by atoms with Crippen molar-refractivity contribution < 1.29 is 23.5 Å². The second-order valence-electron chi connectivity index (χ2n) is 5.97. The number of carbonyl (C=O) groups excluding carboxylic acids is 3. The van der Waals surface area contributed by atoms with Gasteiger partial charge in [0.05, 0.1) is 11.2 Å². The molecule has 1 aromatic carbocycles. The minimum absolute atomic E-state index is 0.0285. The number of aromatic nitrogens is 2. The third-order valence-electron chi connectivity index (χ3n) is 4.01. The zero-order chi connectivity index (χ0) is 20.4. The Morgan fingerprint density at radius 2 is 2.00 bits per heavy atom. The minimum atomic E-state index is -0.830. The molecule has 0 unspecified atom stereocenters. The van der Waals surface area contributed by atoms with Crippen LogP contribution in [0.2, 0.25) is 0 Å². The molecule has 2 amide bonds. The molecule has 0 atom stereocenters. The third-order valence-corrected chi connectivity index (χ3v) is 4.88. The molecule has 4 aromatic rings. The van der Waals surface area contributed by atoms with Gasteiger partial charge in [0.15, 0.2) is 6.61 Å². The Morgan fingerprint density at radius 3 is 2.79 bits per heavy atom. The van der Waals surface area contributed by atoms with E-state index in [1.54, 1.807) is 41.8 Å². The number of thiophene rings is 1. The molecule has 0 saturated carbocycles. The van der Waals surface area contributed by atoms with Gasteiger partial charge in [-0.15, -0.1) is 11.3 Å². The maximum absolute atomic E-state index is 12.5. The van der Waals surface area contributed by atoms with Crippen molar-refractivity contribution in [2.24, 2.45) is 0 Å². The molecular formula is C19H13N3O6S. The highest BCUT2D eigenvalue weighted by atomic mass is 32.1. The van der Waals surface area contributed by atoms with Crippen molar-refractivity contribution in [1.29, 1.82) is 0 Å². The summed E-state index contributed by atoms with van der Waals surface area (Å²) >= 11 is 1.18. The Balaban J connectivity index is 1.40. The number of hydrogen-bond acceptors (Lipinski definition) is 8. The van der Waals surface area contributed by atoms with Gasteiger partial charge in [-0.3, -0.25) is 29.1 Å². The molecule has 0 fully saturated rings. The van der Waals surface area contributed by atoms with Gasteiger partial charge in [0.2, 0.25) is 5.58 Å². The minimum Gasteiger partial charge on any atom is -0.454 e. The molecule has 0 aliphatic rings. The zero-order valence-electron chi connectivity index (χ0n) is 14.8. The van der Waals surface area contributed by atoms with Gasteiger partial charge in [-0.05, 0) is 23.6 Å². The van der Waals surface area contributed by atoms with Crippen LogP contribution in [0.4, 0.5) is 0 Å². The Morgan fingerprint density at radius 1 is 1.17 bits per heavy atom. The van der Waals surface area contributed by atoms with Crippen molar-refractivity contribution in [2.45, 2.75) is 6.54 Å². The SMILES string of the molecule is O=C(COC(=O)Cn1cnc2c(oc3ccccc32)c1=O)NC(=O)c1cccs1. The summed E-state index contributed by atoms with van der Waals surface area (Å²) in [6, 6.07) is 10.3. The number of benzene rings is 1. The molecule has 1 N–H and O–H groups in total. The molecule has 9 nitrogen and oxygen atoms in total. The van der Waals surface area contributed by atoms with Gasteiger partial charge in [-0.25, -0.2) is 4.98 Å². The van der Waals surface area contributed by atoms with Crippen LogP contribution in [0.3, 0.4) is 0 Å². The van der Waals surface area contributed by atoms with Crippen LogP contribution in [-0.2, 0) is 20.9 Å². The molecule has 0 aliphatic carbocycles. The Labute approximate surface area is 166 Å². The summed E-state index contributed by atoms with van der Waals surface area (Å²) in [6.07, 6.45) is 1.22. The van der Waals surface area contributed by atoms with Crippen molar-refractivity contribution in [3.8, 4) is 0 Å². The number of para-hydroxylation sites is 1. The number of esters is 1. The van der Waals surface area contributed by atoms with E-state index in [4.69, 9.17) is 9.15 Å². The van der Waals surface area contributed by atoms with Gasteiger partial charge >= 0.3 is 5.97 Å². The van der Waals surface area contributed by atoms with Crippen molar-refractivity contribution in [3.63, 3.8) is 0 Å². The monoisotopic (exact) mass is 411 g/mol. The molecule has 0 radical (unpaired) electrons. The fourth-order valence-corrected chi connectivity index (χ4v) is 3.31. The van der Waals surface area contributed by atoms with Crippen molar-refractivity contribution in [3.05, 3.63) is 63.3 Å². The standard InChI is InChI=1S/C19H13N3O6S/c23-14(21-18(25)13-6-3-7-29-13)9-27-15(24)8-22-10-20-16-11-4-1-2-5-12(11)28-17(16)19(22)26/h1-7,10H,8-9H2,(H,21,23,25). The zero-order valence-corrected chi connectivity index (χ0v) is 15.6. The van der Waals surface area contributed by atoms with E-state index in [1.807, 2.05) is 0 Å². The lowest BCUT2D eigenvalue weighted by Gasteiger charge is -2.06. The highest BCUT2D eigenvalue weighted by Crippen LogP contribution is 2.23. The van der Waals surface area contributed by atoms with E-state index in [0.717, 1.165) is 4.57 Å². The number of furan rings is 1. The summed E-state index contributed by atoms with van der Waals surface area (Å²) in [5, 5.41) is 4.51. The number of fused-ring (bicyclic) bond motifs is 3. The normalized spacial score (nSPS) is 10.9. The van der Waals surface area contributed by atoms with E-state index in [9.17, 15) is 19.2 Å². The number of imide groups is 1. The van der Waals surface area contributed by atoms with Crippen LogP contribution in [-0.4, -0.2) is 33.9 Å². The summed E-state index contributed by atoms with van der Waals surface area (Å²) < 4.78 is 11.4. The number of nitrogens with one attached hydrogen (secondary N) is 1. The summed E-state index contributed by atoms with van der Waals surface area (Å²) in [5.41, 5.74) is 0.405. The molecule has 0 spiro atoms. The van der Waals surface area contributed by atoms with Gasteiger partial charge in [0.1, 0.15) is 17.6 Å². The molecule has 146 valence electrons. The second-order valence-corrected chi connectivity index (χ2v) is 6.92. The Bertz CT molecular complexity index is 1290. The summed E-state index contributed by atoms with van der Waals surface area (Å²) in [7, 11) is 0. The Hall–Kier alpha value is -3.79.